The van der Waals surface area contributed by atoms with Crippen LogP contribution in [0.2, 0.25) is 0 Å². The van der Waals surface area contributed by atoms with Gasteiger partial charge in [-0.2, -0.15) is 8.42 Å². The average Bonchev–Trinajstić information content (AvgIpc) is 2.80. The summed E-state index contributed by atoms with van der Waals surface area (Å²) in [6.45, 7) is 1.41. The number of nitrogens with zero attached hydrogens (tertiary/aromatic N) is 2. The van der Waals surface area contributed by atoms with Crippen molar-refractivity contribution in [2.45, 2.75) is 17.6 Å². The van der Waals surface area contributed by atoms with Gasteiger partial charge in [-0.15, -0.1) is 0 Å². The van der Waals surface area contributed by atoms with E-state index in [0.717, 1.165) is 12.1 Å². The molecule has 0 spiro atoms. The van der Waals surface area contributed by atoms with E-state index in [-0.39, 0.29) is 16.0 Å². The number of halogens is 1. The monoisotopic (exact) mass is 364 g/mol. The third-order valence-corrected chi connectivity index (χ3v) is 4.50. The Balaban J connectivity index is 1.93. The summed E-state index contributed by atoms with van der Waals surface area (Å²) >= 11 is 0. The van der Waals surface area contributed by atoms with E-state index < -0.39 is 27.8 Å². The van der Waals surface area contributed by atoms with Gasteiger partial charge in [0.05, 0.1) is 10.7 Å². The van der Waals surface area contributed by atoms with Gasteiger partial charge in [0.1, 0.15) is 22.6 Å². The van der Waals surface area contributed by atoms with Crippen LogP contribution in [0.5, 0.6) is 5.75 Å². The first-order valence-corrected chi connectivity index (χ1v) is 8.37. The van der Waals surface area contributed by atoms with Gasteiger partial charge < -0.3 is 19.4 Å². The third-order valence-electron chi connectivity index (χ3n) is 3.25. The van der Waals surface area contributed by atoms with E-state index in [1.165, 1.54) is 37.3 Å². The minimum absolute atomic E-state index is 0.0698. The molecule has 0 radical (unpaired) electrons. The van der Waals surface area contributed by atoms with Crippen molar-refractivity contribution in [2.24, 2.45) is 9.98 Å². The van der Waals surface area contributed by atoms with Gasteiger partial charge in [0.25, 0.3) is 0 Å². The SMILES string of the molecule is CC1(NC(=O)[O-])N=c2ccc(OS(=O)(=O)c3cccc(F)c3)cc2=N1. The fourth-order valence-corrected chi connectivity index (χ4v) is 3.24. The lowest BCUT2D eigenvalue weighted by Crippen LogP contribution is -2.48. The molecule has 130 valence electrons. The van der Waals surface area contributed by atoms with Crippen molar-refractivity contribution < 1.29 is 26.9 Å². The van der Waals surface area contributed by atoms with Crippen LogP contribution in [0.4, 0.5) is 9.18 Å². The maximum Gasteiger partial charge on any atom is 0.339 e. The summed E-state index contributed by atoms with van der Waals surface area (Å²) in [5.41, 5.74) is 0. The molecule has 1 aliphatic heterocycles. The molecule has 0 saturated heterocycles. The number of carbonyl (C=O) groups is 1. The van der Waals surface area contributed by atoms with E-state index >= 15 is 0 Å². The molecule has 1 aliphatic rings. The first kappa shape index (κ1) is 16.8. The summed E-state index contributed by atoms with van der Waals surface area (Å²) < 4.78 is 42.5. The summed E-state index contributed by atoms with van der Waals surface area (Å²) in [7, 11) is -4.23. The van der Waals surface area contributed by atoms with Gasteiger partial charge in [-0.25, -0.2) is 14.4 Å². The molecule has 2 aromatic rings. The van der Waals surface area contributed by atoms with Gasteiger partial charge in [0, 0.05) is 13.0 Å². The van der Waals surface area contributed by atoms with Gasteiger partial charge in [-0.05, 0) is 30.3 Å². The van der Waals surface area contributed by atoms with E-state index in [4.69, 9.17) is 4.18 Å². The smallest absolute Gasteiger partial charge is 0.339 e. The molecule has 1 N–H and O–H groups in total. The first-order valence-electron chi connectivity index (χ1n) is 6.96. The van der Waals surface area contributed by atoms with Crippen molar-refractivity contribution >= 4 is 16.2 Å². The van der Waals surface area contributed by atoms with Crippen molar-refractivity contribution in [1.82, 2.24) is 5.32 Å². The van der Waals surface area contributed by atoms with Gasteiger partial charge in [-0.1, -0.05) is 6.07 Å². The summed E-state index contributed by atoms with van der Waals surface area (Å²) in [6.07, 6.45) is -1.55. The molecule has 2 aromatic carbocycles. The first-order chi connectivity index (χ1) is 11.7. The largest absolute Gasteiger partial charge is 0.530 e. The lowest BCUT2D eigenvalue weighted by molar-refractivity contribution is -0.252. The Kier molecular flexibility index (Phi) is 3.91. The Morgan fingerprint density at radius 2 is 1.92 bits per heavy atom. The predicted octanol–water partition coefficient (Wildman–Crippen LogP) is -0.547. The molecule has 0 aliphatic carbocycles. The zero-order valence-corrected chi connectivity index (χ0v) is 13.6. The Bertz CT molecular complexity index is 1090. The lowest BCUT2D eigenvalue weighted by atomic mass is 10.3. The van der Waals surface area contributed by atoms with Crippen molar-refractivity contribution in [1.29, 1.82) is 0 Å². The summed E-state index contributed by atoms with van der Waals surface area (Å²) in [5, 5.41) is 13.3. The van der Waals surface area contributed by atoms with Crippen LogP contribution in [-0.2, 0) is 10.1 Å². The number of nitrogens with one attached hydrogen (secondary N) is 1. The molecule has 0 bridgehead atoms. The number of benzene rings is 2. The highest BCUT2D eigenvalue weighted by atomic mass is 32.2. The van der Waals surface area contributed by atoms with E-state index in [9.17, 15) is 22.7 Å². The second kappa shape index (κ2) is 5.81. The molecule has 1 atom stereocenters. The zero-order valence-electron chi connectivity index (χ0n) is 12.8. The van der Waals surface area contributed by atoms with Crippen molar-refractivity contribution in [3.63, 3.8) is 0 Å². The number of amides is 1. The van der Waals surface area contributed by atoms with Crippen molar-refractivity contribution in [3.05, 3.63) is 59.0 Å². The van der Waals surface area contributed by atoms with Crippen molar-refractivity contribution in [2.75, 3.05) is 0 Å². The fraction of sp³-hybridized carbons (Fsp3) is 0.133. The van der Waals surface area contributed by atoms with E-state index in [0.29, 0.717) is 5.36 Å². The van der Waals surface area contributed by atoms with Crippen molar-refractivity contribution in [3.8, 4) is 5.75 Å². The van der Waals surface area contributed by atoms with Gasteiger partial charge in [-0.3, -0.25) is 0 Å². The maximum atomic E-state index is 13.2. The normalized spacial score (nSPS) is 18.6. The molecule has 0 fully saturated rings. The standard InChI is InChI=1S/C15H12FN3O5S/c1-15(19-14(20)21)17-12-6-5-10(8-13(12)18-15)24-25(22,23)11-4-2-3-9(16)7-11/h2-8,19H,1H3,(H,20,21)/p-1. The predicted molar refractivity (Wildman–Crippen MR) is 79.9 cm³/mol. The molecule has 1 amide bonds. The summed E-state index contributed by atoms with van der Waals surface area (Å²) in [6, 6.07) is 8.45. The molecule has 0 aromatic heterocycles. The molecule has 1 heterocycles. The number of carbonyl (C=O) groups excluding carboxylic acids is 1. The number of hydrogen-bond acceptors (Lipinski definition) is 7. The van der Waals surface area contributed by atoms with E-state index in [2.05, 4.69) is 9.98 Å². The van der Waals surface area contributed by atoms with Crippen LogP contribution < -0.4 is 25.3 Å². The molecular formula is C15H11FN3O5S-. The Hall–Kier alpha value is -3.01. The van der Waals surface area contributed by atoms with Crippen LogP contribution in [0, 0.1) is 5.82 Å². The third kappa shape index (κ3) is 3.58. The minimum atomic E-state index is -4.23. The molecule has 0 saturated carbocycles. The number of fused-ring (bicyclic) bond motifs is 1. The molecule has 25 heavy (non-hydrogen) atoms. The molecule has 3 rings (SSSR count). The van der Waals surface area contributed by atoms with Crippen LogP contribution in [0.1, 0.15) is 6.92 Å². The Labute approximate surface area is 141 Å². The number of hydrogen-bond donors (Lipinski definition) is 1. The van der Waals surface area contributed by atoms with Gasteiger partial charge >= 0.3 is 10.1 Å². The highest BCUT2D eigenvalue weighted by Crippen LogP contribution is 2.18. The number of rotatable bonds is 4. The van der Waals surface area contributed by atoms with Crippen LogP contribution in [-0.4, -0.2) is 20.3 Å². The Morgan fingerprint density at radius 1 is 1.20 bits per heavy atom. The van der Waals surface area contributed by atoms with Crippen LogP contribution in [0.25, 0.3) is 0 Å². The topological polar surface area (TPSA) is 120 Å². The Morgan fingerprint density at radius 3 is 2.60 bits per heavy atom. The summed E-state index contributed by atoms with van der Waals surface area (Å²) in [5.74, 6) is -2.24. The maximum absolute atomic E-state index is 13.2. The van der Waals surface area contributed by atoms with Gasteiger partial charge in [0.2, 0.25) is 5.79 Å². The lowest BCUT2D eigenvalue weighted by Gasteiger charge is -2.20. The van der Waals surface area contributed by atoms with Crippen LogP contribution >= 0.6 is 0 Å². The minimum Gasteiger partial charge on any atom is -0.530 e. The highest BCUT2D eigenvalue weighted by Gasteiger charge is 2.25. The van der Waals surface area contributed by atoms with Crippen LogP contribution in [0.3, 0.4) is 0 Å². The second-order valence-electron chi connectivity index (χ2n) is 5.30. The molecule has 10 heteroatoms. The fourth-order valence-electron chi connectivity index (χ4n) is 2.28. The summed E-state index contributed by atoms with van der Waals surface area (Å²) in [4.78, 5) is 18.5. The molecular weight excluding hydrogens is 353 g/mol. The van der Waals surface area contributed by atoms with Gasteiger partial charge in [0.15, 0.2) is 0 Å². The highest BCUT2D eigenvalue weighted by molar-refractivity contribution is 7.87. The molecule has 8 nitrogen and oxygen atoms in total. The van der Waals surface area contributed by atoms with E-state index in [1.54, 1.807) is 0 Å². The number of carboxylic acid groups (broad SMARTS) is 1. The van der Waals surface area contributed by atoms with E-state index in [1.807, 2.05) is 5.32 Å². The zero-order chi connectivity index (χ0) is 18.2. The van der Waals surface area contributed by atoms with Crippen LogP contribution in [0.15, 0.2) is 57.3 Å². The average molecular weight is 364 g/mol. The quantitative estimate of drug-likeness (QED) is 0.730. The second-order valence-corrected chi connectivity index (χ2v) is 6.85. The molecule has 1 unspecified atom stereocenters.